The highest BCUT2D eigenvalue weighted by atomic mass is 19.1. The fourth-order valence-electron chi connectivity index (χ4n) is 1.71. The van der Waals surface area contributed by atoms with Crippen molar-refractivity contribution in [3.05, 3.63) is 30.1 Å². The number of hydrogen-bond acceptors (Lipinski definition) is 2. The third-order valence-corrected chi connectivity index (χ3v) is 2.69. The molecule has 0 saturated heterocycles. The van der Waals surface area contributed by atoms with E-state index in [2.05, 4.69) is 0 Å². The van der Waals surface area contributed by atoms with Crippen molar-refractivity contribution in [3.8, 4) is 0 Å². The van der Waals surface area contributed by atoms with Crippen LogP contribution in [0.2, 0.25) is 0 Å². The highest BCUT2D eigenvalue weighted by Crippen LogP contribution is 2.25. The molecule has 1 aromatic rings. The van der Waals surface area contributed by atoms with Gasteiger partial charge in [-0.3, -0.25) is 0 Å². The lowest BCUT2D eigenvalue weighted by Crippen LogP contribution is -2.49. The van der Waals surface area contributed by atoms with E-state index < -0.39 is 0 Å². The van der Waals surface area contributed by atoms with E-state index >= 15 is 0 Å². The second-order valence-electron chi connectivity index (χ2n) is 4.21. The zero-order valence-corrected chi connectivity index (χ0v) is 9.63. The molecular formula is C12H19FN2. The number of para-hydroxylation sites is 1. The van der Waals surface area contributed by atoms with E-state index in [4.69, 9.17) is 5.73 Å². The van der Waals surface area contributed by atoms with Crippen molar-refractivity contribution < 1.29 is 4.39 Å². The van der Waals surface area contributed by atoms with Crippen molar-refractivity contribution in [2.45, 2.75) is 26.3 Å². The predicted octanol–water partition coefficient (Wildman–Crippen LogP) is 2.39. The molecule has 1 rings (SSSR count). The van der Waals surface area contributed by atoms with E-state index in [0.29, 0.717) is 12.2 Å². The summed E-state index contributed by atoms with van der Waals surface area (Å²) in [6.45, 7) is 7.27. The average molecular weight is 210 g/mol. The summed E-state index contributed by atoms with van der Waals surface area (Å²) in [5.41, 5.74) is 6.10. The van der Waals surface area contributed by atoms with Crippen molar-refractivity contribution in [2.75, 3.05) is 18.0 Å². The monoisotopic (exact) mass is 210 g/mol. The lowest BCUT2D eigenvalue weighted by Gasteiger charge is -2.39. The van der Waals surface area contributed by atoms with Gasteiger partial charge in [-0.1, -0.05) is 12.1 Å². The van der Waals surface area contributed by atoms with Crippen LogP contribution in [0.4, 0.5) is 10.1 Å². The molecule has 0 radical (unpaired) electrons. The maximum absolute atomic E-state index is 13.6. The van der Waals surface area contributed by atoms with Crippen molar-refractivity contribution in [2.24, 2.45) is 5.73 Å². The SMILES string of the molecule is CCN(c1ccccc1F)C(C)(C)CN. The molecule has 0 bridgehead atoms. The Kier molecular flexibility index (Phi) is 3.69. The number of nitrogens with two attached hydrogens (primary N) is 1. The fraction of sp³-hybridized carbons (Fsp3) is 0.500. The summed E-state index contributed by atoms with van der Waals surface area (Å²) in [6.07, 6.45) is 0. The first-order valence-corrected chi connectivity index (χ1v) is 5.25. The number of halogens is 1. The number of anilines is 1. The van der Waals surface area contributed by atoms with Crippen LogP contribution in [-0.4, -0.2) is 18.6 Å². The summed E-state index contributed by atoms with van der Waals surface area (Å²) in [7, 11) is 0. The van der Waals surface area contributed by atoms with E-state index in [9.17, 15) is 4.39 Å². The van der Waals surface area contributed by atoms with Crippen LogP contribution < -0.4 is 10.6 Å². The highest BCUT2D eigenvalue weighted by Gasteiger charge is 2.25. The largest absolute Gasteiger partial charge is 0.363 e. The van der Waals surface area contributed by atoms with Gasteiger partial charge in [-0.25, -0.2) is 4.39 Å². The van der Waals surface area contributed by atoms with Crippen molar-refractivity contribution in [1.82, 2.24) is 0 Å². The lowest BCUT2D eigenvalue weighted by atomic mass is 10.0. The summed E-state index contributed by atoms with van der Waals surface area (Å²) < 4.78 is 13.6. The standard InChI is InChI=1S/C12H19FN2/c1-4-15(12(2,3)9-14)11-8-6-5-7-10(11)13/h5-8H,4,9,14H2,1-3H3. The lowest BCUT2D eigenvalue weighted by molar-refractivity contribution is 0.468. The normalized spacial score (nSPS) is 11.5. The Bertz CT molecular complexity index is 323. The first-order chi connectivity index (χ1) is 7.03. The van der Waals surface area contributed by atoms with E-state index in [1.54, 1.807) is 12.1 Å². The van der Waals surface area contributed by atoms with E-state index in [1.807, 2.05) is 31.7 Å². The number of rotatable bonds is 4. The Morgan fingerprint density at radius 2 is 1.93 bits per heavy atom. The Labute approximate surface area is 90.9 Å². The van der Waals surface area contributed by atoms with Crippen molar-refractivity contribution in [1.29, 1.82) is 0 Å². The van der Waals surface area contributed by atoms with Crippen LogP contribution in [0, 0.1) is 5.82 Å². The van der Waals surface area contributed by atoms with Crippen LogP contribution >= 0.6 is 0 Å². The molecule has 0 saturated carbocycles. The number of nitrogens with zero attached hydrogens (tertiary/aromatic N) is 1. The minimum Gasteiger partial charge on any atom is -0.363 e. The van der Waals surface area contributed by atoms with Gasteiger partial charge in [0.25, 0.3) is 0 Å². The molecule has 15 heavy (non-hydrogen) atoms. The Morgan fingerprint density at radius 1 is 1.33 bits per heavy atom. The minimum absolute atomic E-state index is 0.194. The Morgan fingerprint density at radius 3 is 2.40 bits per heavy atom. The van der Waals surface area contributed by atoms with Crippen LogP contribution in [0.5, 0.6) is 0 Å². The summed E-state index contributed by atoms with van der Waals surface area (Å²) in [5.74, 6) is -0.194. The van der Waals surface area contributed by atoms with Crippen molar-refractivity contribution in [3.63, 3.8) is 0 Å². The van der Waals surface area contributed by atoms with Gasteiger partial charge in [0.15, 0.2) is 0 Å². The topological polar surface area (TPSA) is 29.3 Å². The summed E-state index contributed by atoms with van der Waals surface area (Å²) >= 11 is 0. The number of benzene rings is 1. The maximum atomic E-state index is 13.6. The molecular weight excluding hydrogens is 191 g/mol. The van der Waals surface area contributed by atoms with E-state index in [0.717, 1.165) is 6.54 Å². The third-order valence-electron chi connectivity index (χ3n) is 2.69. The Balaban J connectivity index is 3.08. The molecule has 2 nitrogen and oxygen atoms in total. The van der Waals surface area contributed by atoms with Gasteiger partial charge in [-0.2, -0.15) is 0 Å². The average Bonchev–Trinajstić information content (AvgIpc) is 2.21. The Hall–Kier alpha value is -1.09. The minimum atomic E-state index is -0.225. The quantitative estimate of drug-likeness (QED) is 0.826. The second kappa shape index (κ2) is 4.62. The van der Waals surface area contributed by atoms with Gasteiger partial charge in [-0.05, 0) is 32.9 Å². The zero-order valence-electron chi connectivity index (χ0n) is 9.63. The molecule has 3 heteroatoms. The van der Waals surface area contributed by atoms with Crippen LogP contribution in [0.1, 0.15) is 20.8 Å². The number of hydrogen-bond donors (Lipinski definition) is 1. The molecule has 0 heterocycles. The van der Waals surface area contributed by atoms with Crippen LogP contribution in [0.15, 0.2) is 24.3 Å². The number of likely N-dealkylation sites (N-methyl/N-ethyl adjacent to an activating group) is 1. The first-order valence-electron chi connectivity index (χ1n) is 5.25. The molecule has 0 aliphatic carbocycles. The van der Waals surface area contributed by atoms with Gasteiger partial charge in [0.05, 0.1) is 5.69 Å². The van der Waals surface area contributed by atoms with Gasteiger partial charge in [-0.15, -0.1) is 0 Å². The predicted molar refractivity (Wildman–Crippen MR) is 62.6 cm³/mol. The second-order valence-corrected chi connectivity index (χ2v) is 4.21. The van der Waals surface area contributed by atoms with Crippen LogP contribution in [0.3, 0.4) is 0 Å². The molecule has 0 spiro atoms. The van der Waals surface area contributed by atoms with Gasteiger partial charge in [0.1, 0.15) is 5.82 Å². The highest BCUT2D eigenvalue weighted by molar-refractivity contribution is 5.49. The molecule has 2 N–H and O–H groups in total. The van der Waals surface area contributed by atoms with Gasteiger partial charge in [0.2, 0.25) is 0 Å². The maximum Gasteiger partial charge on any atom is 0.146 e. The smallest absolute Gasteiger partial charge is 0.146 e. The molecule has 0 atom stereocenters. The molecule has 0 fully saturated rings. The first kappa shape index (κ1) is 12.0. The summed E-state index contributed by atoms with van der Waals surface area (Å²) in [5, 5.41) is 0. The molecule has 0 aliphatic rings. The molecule has 0 aromatic heterocycles. The van der Waals surface area contributed by atoms with Crippen LogP contribution in [0.25, 0.3) is 0 Å². The van der Waals surface area contributed by atoms with Crippen molar-refractivity contribution >= 4 is 5.69 Å². The summed E-state index contributed by atoms with van der Waals surface area (Å²) in [4.78, 5) is 1.99. The van der Waals surface area contributed by atoms with Gasteiger partial charge >= 0.3 is 0 Å². The summed E-state index contributed by atoms with van der Waals surface area (Å²) in [6, 6.07) is 6.80. The van der Waals surface area contributed by atoms with Crippen LogP contribution in [-0.2, 0) is 0 Å². The molecule has 1 aromatic carbocycles. The van der Waals surface area contributed by atoms with Gasteiger partial charge < -0.3 is 10.6 Å². The van der Waals surface area contributed by atoms with E-state index in [1.165, 1.54) is 6.07 Å². The fourth-order valence-corrected chi connectivity index (χ4v) is 1.71. The molecule has 84 valence electrons. The third kappa shape index (κ3) is 2.48. The van der Waals surface area contributed by atoms with Gasteiger partial charge in [0, 0.05) is 18.6 Å². The molecule has 0 amide bonds. The molecule has 0 aliphatic heterocycles. The molecule has 0 unspecified atom stereocenters. The van der Waals surface area contributed by atoms with E-state index in [-0.39, 0.29) is 11.4 Å². The zero-order chi connectivity index (χ0) is 11.5.